The van der Waals surface area contributed by atoms with E-state index >= 15 is 0 Å². The van der Waals surface area contributed by atoms with E-state index in [9.17, 15) is 0 Å². The maximum atomic E-state index is 4.49. The lowest BCUT2D eigenvalue weighted by Crippen LogP contribution is -1.89. The number of fused-ring (bicyclic) bond motifs is 1. The van der Waals surface area contributed by atoms with Gasteiger partial charge in [-0.15, -0.1) is 0 Å². The van der Waals surface area contributed by atoms with Crippen LogP contribution in [0.3, 0.4) is 0 Å². The number of halogens is 1. The van der Waals surface area contributed by atoms with E-state index in [2.05, 4.69) is 56.5 Å². The number of rotatable bonds is 1. The molecule has 3 aromatic rings. The summed E-state index contributed by atoms with van der Waals surface area (Å²) in [5, 5.41) is 0. The number of benzene rings is 1. The van der Waals surface area contributed by atoms with Crippen molar-refractivity contribution in [3.05, 3.63) is 58.8 Å². The van der Waals surface area contributed by atoms with Crippen molar-refractivity contribution >= 4 is 21.4 Å². The standard InChI is InChI=1S/C14H11BrN2/c1-10-6-11(8-12(15)7-10)14-16-9-13-4-2-3-5-17(13)14/h2-9H,1H3. The molecule has 0 fully saturated rings. The first kappa shape index (κ1) is 10.5. The van der Waals surface area contributed by atoms with Crippen LogP contribution in [0.5, 0.6) is 0 Å². The molecule has 0 saturated heterocycles. The highest BCUT2D eigenvalue weighted by atomic mass is 79.9. The first-order valence-electron chi connectivity index (χ1n) is 5.44. The van der Waals surface area contributed by atoms with Gasteiger partial charge in [-0.1, -0.05) is 22.0 Å². The average molecular weight is 287 g/mol. The predicted octanol–water partition coefficient (Wildman–Crippen LogP) is 4.07. The minimum absolute atomic E-state index is 0.977. The monoisotopic (exact) mass is 286 g/mol. The molecule has 84 valence electrons. The van der Waals surface area contributed by atoms with Crippen LogP contribution in [0.1, 0.15) is 5.56 Å². The van der Waals surface area contributed by atoms with Crippen molar-refractivity contribution < 1.29 is 0 Å². The molecule has 0 spiro atoms. The number of aryl methyl sites for hydroxylation is 1. The molecule has 0 unspecified atom stereocenters. The third kappa shape index (κ3) is 1.87. The highest BCUT2D eigenvalue weighted by Crippen LogP contribution is 2.24. The van der Waals surface area contributed by atoms with Crippen LogP contribution in [-0.2, 0) is 0 Å². The summed E-state index contributed by atoms with van der Waals surface area (Å²) >= 11 is 3.53. The van der Waals surface area contributed by atoms with Crippen LogP contribution in [-0.4, -0.2) is 9.38 Å². The van der Waals surface area contributed by atoms with E-state index in [4.69, 9.17) is 0 Å². The van der Waals surface area contributed by atoms with Gasteiger partial charge >= 0.3 is 0 Å². The molecule has 0 saturated carbocycles. The number of hydrogen-bond donors (Lipinski definition) is 0. The molecule has 0 radical (unpaired) electrons. The summed E-state index contributed by atoms with van der Waals surface area (Å²) in [6, 6.07) is 12.4. The molecule has 3 heteroatoms. The van der Waals surface area contributed by atoms with Crippen molar-refractivity contribution in [3.8, 4) is 11.4 Å². The first-order chi connectivity index (χ1) is 8.24. The SMILES string of the molecule is Cc1cc(Br)cc(-c2ncc3ccccn23)c1. The van der Waals surface area contributed by atoms with Crippen LogP contribution < -0.4 is 0 Å². The summed E-state index contributed by atoms with van der Waals surface area (Å²) in [6.07, 6.45) is 3.93. The lowest BCUT2D eigenvalue weighted by molar-refractivity contribution is 1.16. The third-order valence-corrected chi connectivity index (χ3v) is 3.20. The number of pyridine rings is 1. The maximum absolute atomic E-state index is 4.49. The van der Waals surface area contributed by atoms with Crippen molar-refractivity contribution in [1.82, 2.24) is 9.38 Å². The van der Waals surface area contributed by atoms with Gasteiger partial charge in [0.05, 0.1) is 11.7 Å². The molecule has 0 aliphatic heterocycles. The Morgan fingerprint density at radius 2 is 2.06 bits per heavy atom. The van der Waals surface area contributed by atoms with Gasteiger partial charge in [0.1, 0.15) is 5.82 Å². The second-order valence-corrected chi connectivity index (χ2v) is 5.01. The molecule has 2 heterocycles. The number of nitrogens with zero attached hydrogens (tertiary/aromatic N) is 2. The molecule has 3 rings (SSSR count). The van der Waals surface area contributed by atoms with Crippen LogP contribution in [0.2, 0.25) is 0 Å². The highest BCUT2D eigenvalue weighted by Gasteiger charge is 2.06. The number of aromatic nitrogens is 2. The Hall–Kier alpha value is -1.61. The summed E-state index contributed by atoms with van der Waals surface area (Å²) in [7, 11) is 0. The van der Waals surface area contributed by atoms with E-state index in [0.717, 1.165) is 21.4 Å². The average Bonchev–Trinajstić information content (AvgIpc) is 2.71. The summed E-state index contributed by atoms with van der Waals surface area (Å²) in [5.74, 6) is 0.977. The molecule has 2 aromatic heterocycles. The summed E-state index contributed by atoms with van der Waals surface area (Å²) < 4.78 is 3.18. The van der Waals surface area contributed by atoms with Crippen LogP contribution in [0.15, 0.2) is 53.3 Å². The van der Waals surface area contributed by atoms with Gasteiger partial charge in [0.2, 0.25) is 0 Å². The molecule has 0 amide bonds. The zero-order valence-electron chi connectivity index (χ0n) is 9.39. The predicted molar refractivity (Wildman–Crippen MR) is 73.1 cm³/mol. The summed E-state index contributed by atoms with van der Waals surface area (Å²) in [4.78, 5) is 4.49. The molecule has 17 heavy (non-hydrogen) atoms. The Morgan fingerprint density at radius 1 is 1.18 bits per heavy atom. The van der Waals surface area contributed by atoms with Crippen molar-refractivity contribution in [3.63, 3.8) is 0 Å². The Balaban J connectivity index is 2.27. The van der Waals surface area contributed by atoms with Gasteiger partial charge < -0.3 is 0 Å². The Labute approximate surface area is 108 Å². The molecule has 0 aliphatic rings. The number of imidazole rings is 1. The molecule has 1 aromatic carbocycles. The zero-order chi connectivity index (χ0) is 11.8. The largest absolute Gasteiger partial charge is 0.300 e. The van der Waals surface area contributed by atoms with Crippen LogP contribution in [0.4, 0.5) is 0 Å². The van der Waals surface area contributed by atoms with Crippen LogP contribution in [0.25, 0.3) is 16.9 Å². The van der Waals surface area contributed by atoms with Crippen molar-refractivity contribution in [2.75, 3.05) is 0 Å². The molecular weight excluding hydrogens is 276 g/mol. The molecule has 0 bridgehead atoms. The lowest BCUT2D eigenvalue weighted by atomic mass is 10.1. The van der Waals surface area contributed by atoms with Gasteiger partial charge in [0, 0.05) is 16.2 Å². The topological polar surface area (TPSA) is 17.3 Å². The van der Waals surface area contributed by atoms with Gasteiger partial charge in [-0.3, -0.25) is 4.40 Å². The van der Waals surface area contributed by atoms with Gasteiger partial charge in [-0.25, -0.2) is 4.98 Å². The lowest BCUT2D eigenvalue weighted by Gasteiger charge is -2.03. The van der Waals surface area contributed by atoms with Crippen LogP contribution >= 0.6 is 15.9 Å². The van der Waals surface area contributed by atoms with E-state index in [1.165, 1.54) is 5.56 Å². The van der Waals surface area contributed by atoms with Crippen molar-refractivity contribution in [1.29, 1.82) is 0 Å². The molecule has 2 nitrogen and oxygen atoms in total. The maximum Gasteiger partial charge on any atom is 0.144 e. The second-order valence-electron chi connectivity index (χ2n) is 4.09. The van der Waals surface area contributed by atoms with Crippen LogP contribution in [0, 0.1) is 6.92 Å². The minimum atomic E-state index is 0.977. The normalized spacial score (nSPS) is 10.9. The molecule has 0 N–H and O–H groups in total. The van der Waals surface area contributed by atoms with E-state index in [1.54, 1.807) is 0 Å². The van der Waals surface area contributed by atoms with Crippen molar-refractivity contribution in [2.45, 2.75) is 6.92 Å². The molecule has 0 atom stereocenters. The molecule has 0 aliphatic carbocycles. The second kappa shape index (κ2) is 4.00. The molecular formula is C14H11BrN2. The minimum Gasteiger partial charge on any atom is -0.300 e. The number of hydrogen-bond acceptors (Lipinski definition) is 1. The summed E-state index contributed by atoms with van der Waals surface area (Å²) in [6.45, 7) is 2.09. The smallest absolute Gasteiger partial charge is 0.144 e. The fraction of sp³-hybridized carbons (Fsp3) is 0.0714. The van der Waals surface area contributed by atoms with E-state index in [1.807, 2.05) is 24.5 Å². The third-order valence-electron chi connectivity index (χ3n) is 2.74. The zero-order valence-corrected chi connectivity index (χ0v) is 11.0. The van der Waals surface area contributed by atoms with E-state index < -0.39 is 0 Å². The van der Waals surface area contributed by atoms with Gasteiger partial charge in [0.15, 0.2) is 0 Å². The van der Waals surface area contributed by atoms with Gasteiger partial charge in [-0.2, -0.15) is 0 Å². The first-order valence-corrected chi connectivity index (χ1v) is 6.23. The fourth-order valence-corrected chi connectivity index (χ4v) is 2.63. The fourth-order valence-electron chi connectivity index (χ4n) is 2.02. The quantitative estimate of drug-likeness (QED) is 0.659. The van der Waals surface area contributed by atoms with E-state index in [0.29, 0.717) is 0 Å². The highest BCUT2D eigenvalue weighted by molar-refractivity contribution is 9.10. The van der Waals surface area contributed by atoms with E-state index in [-0.39, 0.29) is 0 Å². The Morgan fingerprint density at radius 3 is 2.88 bits per heavy atom. The Bertz CT molecular complexity index is 665. The Kier molecular flexibility index (Phi) is 2.48. The summed E-state index contributed by atoms with van der Waals surface area (Å²) in [5.41, 5.74) is 3.46. The van der Waals surface area contributed by atoms with Crippen molar-refractivity contribution in [2.24, 2.45) is 0 Å². The van der Waals surface area contributed by atoms with Gasteiger partial charge in [-0.05, 0) is 42.8 Å². The van der Waals surface area contributed by atoms with Gasteiger partial charge in [0.25, 0.3) is 0 Å².